The lowest BCUT2D eigenvalue weighted by atomic mass is 9.68. The van der Waals surface area contributed by atoms with Crippen molar-refractivity contribution in [2.24, 2.45) is 0 Å². The van der Waals surface area contributed by atoms with Crippen LogP contribution in [0.2, 0.25) is 0 Å². The number of nitrogens with zero attached hydrogens (tertiary/aromatic N) is 4. The van der Waals surface area contributed by atoms with Gasteiger partial charge >= 0.3 is 0 Å². The van der Waals surface area contributed by atoms with Crippen LogP contribution in [-0.2, 0) is 10.8 Å². The summed E-state index contributed by atoms with van der Waals surface area (Å²) >= 11 is 0. The Labute approximate surface area is 379 Å². The zero-order valence-corrected chi connectivity index (χ0v) is 36.9. The zero-order valence-electron chi connectivity index (χ0n) is 36.9. The van der Waals surface area contributed by atoms with Crippen LogP contribution in [0.5, 0.6) is 0 Å². The minimum Gasteiger partial charge on any atom is -0.354 e. The van der Waals surface area contributed by atoms with Gasteiger partial charge in [-0.25, -0.2) is 9.97 Å². The SMILES string of the molecule is CC(C)(C)c1ccc(-n2c(-c3cccc4c3[nH]c3cccc(-c5ccccc5)c34)nc3c(-c4cccc(N5c6ccccc6C(C)(c6ccccc6)c6cccnc65)c4)cccc32)cc1. The maximum absolute atomic E-state index is 5.69. The molecule has 0 bridgehead atoms. The Bertz CT molecular complexity index is 3540. The molecule has 0 aliphatic carbocycles. The van der Waals surface area contributed by atoms with Gasteiger partial charge in [0, 0.05) is 56.0 Å². The second-order valence-electron chi connectivity index (χ2n) is 18.5. The molecular weight excluding hydrogens is 791 g/mol. The number of imidazole rings is 1. The summed E-state index contributed by atoms with van der Waals surface area (Å²) < 4.78 is 2.35. The van der Waals surface area contributed by atoms with Crippen molar-refractivity contribution in [2.75, 3.05) is 4.90 Å². The van der Waals surface area contributed by atoms with Crippen LogP contribution in [0.1, 0.15) is 49.9 Å². The number of fused-ring (bicyclic) bond motifs is 6. The van der Waals surface area contributed by atoms with E-state index in [1.54, 1.807) is 0 Å². The Morgan fingerprint density at radius 3 is 2.05 bits per heavy atom. The summed E-state index contributed by atoms with van der Waals surface area (Å²) in [6.45, 7) is 9.12. The second kappa shape index (κ2) is 14.8. The minimum absolute atomic E-state index is 0.0219. The van der Waals surface area contributed by atoms with Gasteiger partial charge in [0.25, 0.3) is 0 Å². The van der Waals surface area contributed by atoms with E-state index in [2.05, 4.69) is 242 Å². The molecule has 65 heavy (non-hydrogen) atoms. The van der Waals surface area contributed by atoms with Gasteiger partial charge < -0.3 is 4.98 Å². The van der Waals surface area contributed by atoms with E-state index in [0.717, 1.165) is 67.5 Å². The Morgan fingerprint density at radius 1 is 0.554 bits per heavy atom. The lowest BCUT2D eigenvalue weighted by Crippen LogP contribution is -2.34. The van der Waals surface area contributed by atoms with Crippen molar-refractivity contribution in [2.45, 2.75) is 38.5 Å². The first-order chi connectivity index (χ1) is 31.8. The van der Waals surface area contributed by atoms with Gasteiger partial charge in [0.15, 0.2) is 0 Å². The molecule has 3 aromatic heterocycles. The molecule has 1 atom stereocenters. The van der Waals surface area contributed by atoms with E-state index in [0.29, 0.717) is 0 Å². The molecule has 5 heteroatoms. The fourth-order valence-electron chi connectivity index (χ4n) is 10.4. The van der Waals surface area contributed by atoms with Gasteiger partial charge in [-0.1, -0.05) is 166 Å². The minimum atomic E-state index is -0.396. The van der Waals surface area contributed by atoms with Crippen molar-refractivity contribution < 1.29 is 0 Å². The van der Waals surface area contributed by atoms with E-state index in [-0.39, 0.29) is 5.41 Å². The molecular formula is C60H47N5. The molecule has 0 fully saturated rings. The topological polar surface area (TPSA) is 49.7 Å². The molecule has 5 nitrogen and oxygen atoms in total. The largest absolute Gasteiger partial charge is 0.354 e. The van der Waals surface area contributed by atoms with Crippen LogP contribution in [0.15, 0.2) is 206 Å². The maximum atomic E-state index is 5.69. The van der Waals surface area contributed by atoms with E-state index in [1.165, 1.54) is 44.2 Å². The van der Waals surface area contributed by atoms with Crippen LogP contribution in [0, 0.1) is 0 Å². The van der Waals surface area contributed by atoms with Crippen LogP contribution in [0.25, 0.3) is 72.2 Å². The van der Waals surface area contributed by atoms with Gasteiger partial charge in [-0.05, 0) is 100 Å². The van der Waals surface area contributed by atoms with Crippen molar-refractivity contribution in [1.29, 1.82) is 0 Å². The quantitative estimate of drug-likeness (QED) is 0.181. The fourth-order valence-corrected chi connectivity index (χ4v) is 10.4. The number of nitrogens with one attached hydrogen (secondary N) is 1. The molecule has 4 heterocycles. The summed E-state index contributed by atoms with van der Waals surface area (Å²) in [5.41, 5.74) is 17.5. The summed E-state index contributed by atoms with van der Waals surface area (Å²) in [7, 11) is 0. The highest BCUT2D eigenvalue weighted by molar-refractivity contribution is 6.17. The molecule has 0 spiro atoms. The molecule has 0 amide bonds. The van der Waals surface area contributed by atoms with E-state index < -0.39 is 5.41 Å². The predicted octanol–water partition coefficient (Wildman–Crippen LogP) is 15.5. The lowest BCUT2D eigenvalue weighted by molar-refractivity contribution is 0.590. The van der Waals surface area contributed by atoms with Crippen LogP contribution >= 0.6 is 0 Å². The molecule has 1 aliphatic heterocycles. The van der Waals surface area contributed by atoms with E-state index in [4.69, 9.17) is 9.97 Å². The lowest BCUT2D eigenvalue weighted by Gasteiger charge is -2.43. The predicted molar refractivity (Wildman–Crippen MR) is 270 cm³/mol. The average molecular weight is 838 g/mol. The Morgan fingerprint density at radius 2 is 1.23 bits per heavy atom. The number of H-pyrrole nitrogens is 1. The molecule has 11 aromatic rings. The number of benzene rings is 8. The highest BCUT2D eigenvalue weighted by atomic mass is 15.2. The van der Waals surface area contributed by atoms with Gasteiger partial charge in [-0.3, -0.25) is 9.47 Å². The van der Waals surface area contributed by atoms with Gasteiger partial charge in [0.1, 0.15) is 11.6 Å². The highest BCUT2D eigenvalue weighted by Gasteiger charge is 2.42. The number of aromatic nitrogens is 4. The van der Waals surface area contributed by atoms with Crippen molar-refractivity contribution in [1.82, 2.24) is 19.5 Å². The summed E-state index contributed by atoms with van der Waals surface area (Å²) in [6, 6.07) is 72.2. The highest BCUT2D eigenvalue weighted by Crippen LogP contribution is 2.54. The Kier molecular flexibility index (Phi) is 8.79. The van der Waals surface area contributed by atoms with Gasteiger partial charge in [0.2, 0.25) is 0 Å². The number of hydrogen-bond donors (Lipinski definition) is 1. The normalized spacial score (nSPS) is 14.8. The molecule has 8 aromatic carbocycles. The summed E-state index contributed by atoms with van der Waals surface area (Å²) in [4.78, 5) is 17.0. The van der Waals surface area contributed by atoms with Crippen molar-refractivity contribution in [3.8, 4) is 39.3 Å². The summed E-state index contributed by atoms with van der Waals surface area (Å²) in [5.74, 6) is 1.81. The van der Waals surface area contributed by atoms with Gasteiger partial charge in [-0.2, -0.15) is 0 Å². The van der Waals surface area contributed by atoms with Gasteiger partial charge in [-0.15, -0.1) is 0 Å². The van der Waals surface area contributed by atoms with E-state index in [9.17, 15) is 0 Å². The number of anilines is 3. The van der Waals surface area contributed by atoms with Crippen LogP contribution in [-0.4, -0.2) is 19.5 Å². The van der Waals surface area contributed by atoms with Crippen LogP contribution < -0.4 is 4.90 Å². The number of aromatic amines is 1. The Hall–Kier alpha value is -8.02. The third kappa shape index (κ3) is 6.07. The van der Waals surface area contributed by atoms with Crippen molar-refractivity contribution in [3.05, 3.63) is 229 Å². The number of hydrogen-bond acceptors (Lipinski definition) is 3. The molecule has 12 rings (SSSR count). The molecule has 1 unspecified atom stereocenters. The second-order valence-corrected chi connectivity index (χ2v) is 18.5. The van der Waals surface area contributed by atoms with Crippen molar-refractivity contribution >= 4 is 50.0 Å². The standard InChI is InChI=1S/C60H47N5/c1-59(2,3)41-33-35-43(36-34-41)64-53-32-16-25-46(56(53)63-57(64)48-27-14-26-47-54-45(39-18-7-5-8-19-39)24-15-30-51(54)62-55(47)48)40-20-13-23-44(38-40)65-52-31-12-11-28-49(52)60(4,42-21-9-6-10-22-42)50-29-17-37-61-58(50)65/h5-38,62H,1-4H3. The molecule has 1 aliphatic rings. The third-order valence-electron chi connectivity index (χ3n) is 13.6. The first-order valence-corrected chi connectivity index (χ1v) is 22.5. The number of rotatable bonds is 6. The number of pyridine rings is 1. The van der Waals surface area contributed by atoms with Crippen LogP contribution in [0.3, 0.4) is 0 Å². The maximum Gasteiger partial charge on any atom is 0.147 e. The van der Waals surface area contributed by atoms with E-state index in [1.807, 2.05) is 6.20 Å². The third-order valence-corrected chi connectivity index (χ3v) is 13.6. The van der Waals surface area contributed by atoms with Crippen molar-refractivity contribution in [3.63, 3.8) is 0 Å². The molecule has 312 valence electrons. The molecule has 1 N–H and O–H groups in total. The molecule has 0 saturated heterocycles. The first-order valence-electron chi connectivity index (χ1n) is 22.5. The Balaban J connectivity index is 1.06. The smallest absolute Gasteiger partial charge is 0.147 e. The van der Waals surface area contributed by atoms with E-state index >= 15 is 0 Å². The molecule has 0 radical (unpaired) electrons. The first kappa shape index (κ1) is 38.6. The number of para-hydroxylation sites is 3. The average Bonchev–Trinajstić information content (AvgIpc) is 3.94. The fraction of sp³-hybridized carbons (Fsp3) is 0.100. The van der Waals surface area contributed by atoms with Gasteiger partial charge in [0.05, 0.1) is 22.2 Å². The van der Waals surface area contributed by atoms with Crippen LogP contribution in [0.4, 0.5) is 17.2 Å². The molecule has 0 saturated carbocycles. The summed E-state index contributed by atoms with van der Waals surface area (Å²) in [6.07, 6.45) is 1.91. The monoisotopic (exact) mass is 837 g/mol. The zero-order chi connectivity index (χ0) is 43.9. The summed E-state index contributed by atoms with van der Waals surface area (Å²) in [5, 5.41) is 2.38.